The van der Waals surface area contributed by atoms with Crippen molar-refractivity contribution in [2.24, 2.45) is 0 Å². The van der Waals surface area contributed by atoms with Crippen molar-refractivity contribution < 1.29 is 9.84 Å². The van der Waals surface area contributed by atoms with Gasteiger partial charge in [-0.25, -0.2) is 0 Å². The number of benzene rings is 2. The van der Waals surface area contributed by atoms with Gasteiger partial charge in [-0.05, 0) is 43.2 Å². The molecule has 2 fully saturated rings. The van der Waals surface area contributed by atoms with Gasteiger partial charge in [0, 0.05) is 81.9 Å². The zero-order valence-electron chi connectivity index (χ0n) is 20.7. The predicted octanol–water partition coefficient (Wildman–Crippen LogP) is 4.36. The molecule has 4 heterocycles. The van der Waals surface area contributed by atoms with Crippen LogP contribution in [0.4, 0.5) is 11.4 Å². The van der Waals surface area contributed by atoms with E-state index < -0.39 is 0 Å². The van der Waals surface area contributed by atoms with Gasteiger partial charge in [0.1, 0.15) is 0 Å². The lowest BCUT2D eigenvalue weighted by Crippen LogP contribution is -2.38. The highest BCUT2D eigenvalue weighted by Gasteiger charge is 2.22. The molecule has 3 aliphatic heterocycles. The first-order valence-electron chi connectivity index (χ1n) is 13.0. The van der Waals surface area contributed by atoms with Crippen LogP contribution in [0.5, 0.6) is 0 Å². The van der Waals surface area contributed by atoms with Crippen molar-refractivity contribution in [3.05, 3.63) is 58.9 Å². The highest BCUT2D eigenvalue weighted by atomic mass is 32.2. The lowest BCUT2D eigenvalue weighted by atomic mass is 10.1. The molecule has 0 unspecified atom stereocenters. The molecular formula is C28H32N4O3S2. The molecule has 0 radical (unpaired) electrons. The zero-order chi connectivity index (χ0) is 25.2. The standard InChI is InChI=1S/C28H32N4O3S2/c33-21-6-9-31(10-7-21)11-8-29-19-4-5-24-26(16-19)36-25-3-1-2-22(28(25)37-24)23-17-20(18-27(34)30-23)32-12-14-35-15-13-32/h1-5,16-18,21,29,33H,6-15H2,(H,30,34). The Morgan fingerprint density at radius 3 is 2.65 bits per heavy atom. The quantitative estimate of drug-likeness (QED) is 0.335. The van der Waals surface area contributed by atoms with Crippen molar-refractivity contribution >= 4 is 34.9 Å². The number of rotatable bonds is 6. The van der Waals surface area contributed by atoms with Gasteiger partial charge in [0.2, 0.25) is 5.56 Å². The third-order valence-electron chi connectivity index (χ3n) is 7.16. The maximum atomic E-state index is 12.6. The number of hydrogen-bond donors (Lipinski definition) is 3. The van der Waals surface area contributed by atoms with Gasteiger partial charge in [-0.2, -0.15) is 0 Å². The first kappa shape index (κ1) is 24.9. The Morgan fingerprint density at radius 2 is 1.81 bits per heavy atom. The molecular weight excluding hydrogens is 504 g/mol. The average Bonchev–Trinajstić information content (AvgIpc) is 2.93. The van der Waals surface area contributed by atoms with Crippen molar-refractivity contribution in [1.29, 1.82) is 0 Å². The minimum Gasteiger partial charge on any atom is -0.393 e. The number of aliphatic hydroxyl groups excluding tert-OH is 1. The molecule has 3 aliphatic rings. The predicted molar refractivity (Wildman–Crippen MR) is 150 cm³/mol. The molecule has 0 amide bonds. The lowest BCUT2D eigenvalue weighted by molar-refractivity contribution is 0.0845. The number of morpholine rings is 1. The first-order valence-corrected chi connectivity index (χ1v) is 14.6. The monoisotopic (exact) mass is 536 g/mol. The fraction of sp³-hybridized carbons (Fsp3) is 0.393. The maximum Gasteiger partial charge on any atom is 0.250 e. The number of aromatic nitrogens is 1. The number of hydrogen-bond acceptors (Lipinski definition) is 8. The molecule has 9 heteroatoms. The number of pyridine rings is 1. The summed E-state index contributed by atoms with van der Waals surface area (Å²) in [6.07, 6.45) is 1.62. The summed E-state index contributed by atoms with van der Waals surface area (Å²) in [5, 5.41) is 13.3. The molecule has 3 N–H and O–H groups in total. The molecule has 3 aromatic rings. The Balaban J connectivity index is 1.18. The highest BCUT2D eigenvalue weighted by Crippen LogP contribution is 2.52. The van der Waals surface area contributed by atoms with E-state index in [4.69, 9.17) is 4.74 Å². The van der Waals surface area contributed by atoms with Crippen LogP contribution >= 0.6 is 23.5 Å². The van der Waals surface area contributed by atoms with Crippen molar-refractivity contribution in [3.8, 4) is 11.3 Å². The van der Waals surface area contributed by atoms with Crippen molar-refractivity contribution in [3.63, 3.8) is 0 Å². The van der Waals surface area contributed by atoms with E-state index in [1.165, 1.54) is 19.6 Å². The molecule has 0 saturated carbocycles. The van der Waals surface area contributed by atoms with Gasteiger partial charge in [-0.3, -0.25) is 4.79 Å². The summed E-state index contributed by atoms with van der Waals surface area (Å²) in [6, 6.07) is 16.7. The molecule has 194 valence electrons. The van der Waals surface area contributed by atoms with E-state index in [2.05, 4.69) is 62.6 Å². The van der Waals surface area contributed by atoms with Crippen LogP contribution in [0, 0.1) is 0 Å². The van der Waals surface area contributed by atoms with Gasteiger partial charge in [0.05, 0.1) is 25.0 Å². The molecule has 0 aliphatic carbocycles. The Bertz CT molecular complexity index is 1320. The number of piperidine rings is 1. The van der Waals surface area contributed by atoms with Crippen molar-refractivity contribution in [2.75, 3.05) is 62.7 Å². The SMILES string of the molecule is O=c1cc(N2CCOCC2)cc(-c2cccc3c2Sc2ccc(NCCN4CCC(O)CC4)cc2S3)[nH]1. The molecule has 0 bridgehead atoms. The van der Waals surface area contributed by atoms with E-state index in [1.54, 1.807) is 29.6 Å². The average molecular weight is 537 g/mol. The Labute approximate surface area is 225 Å². The molecule has 1 aromatic heterocycles. The van der Waals surface area contributed by atoms with Gasteiger partial charge >= 0.3 is 0 Å². The van der Waals surface area contributed by atoms with Crippen LogP contribution in [0.1, 0.15) is 12.8 Å². The largest absolute Gasteiger partial charge is 0.393 e. The lowest BCUT2D eigenvalue weighted by Gasteiger charge is -2.29. The number of aromatic amines is 1. The van der Waals surface area contributed by atoms with Crippen LogP contribution in [0.3, 0.4) is 0 Å². The first-order chi connectivity index (χ1) is 18.1. The van der Waals surface area contributed by atoms with E-state index in [0.29, 0.717) is 13.2 Å². The van der Waals surface area contributed by atoms with Crippen LogP contribution in [0.2, 0.25) is 0 Å². The van der Waals surface area contributed by atoms with Gasteiger partial charge in [-0.1, -0.05) is 35.7 Å². The maximum absolute atomic E-state index is 12.6. The topological polar surface area (TPSA) is 80.8 Å². The van der Waals surface area contributed by atoms with Crippen LogP contribution in [0.25, 0.3) is 11.3 Å². The van der Waals surface area contributed by atoms with Crippen molar-refractivity contribution in [2.45, 2.75) is 38.5 Å². The zero-order valence-corrected chi connectivity index (χ0v) is 22.4. The molecule has 37 heavy (non-hydrogen) atoms. The van der Waals surface area contributed by atoms with E-state index in [1.807, 2.05) is 0 Å². The molecule has 2 saturated heterocycles. The summed E-state index contributed by atoms with van der Waals surface area (Å²) in [7, 11) is 0. The summed E-state index contributed by atoms with van der Waals surface area (Å²) in [4.78, 5) is 25.2. The number of ether oxygens (including phenoxy) is 1. The highest BCUT2D eigenvalue weighted by molar-refractivity contribution is 8.05. The van der Waals surface area contributed by atoms with Crippen LogP contribution < -0.4 is 15.8 Å². The second-order valence-corrected chi connectivity index (χ2v) is 11.8. The third-order valence-corrected chi connectivity index (χ3v) is 9.76. The summed E-state index contributed by atoms with van der Waals surface area (Å²) in [5.41, 5.74) is 3.91. The number of H-pyrrole nitrogens is 1. The Kier molecular flexibility index (Phi) is 7.48. The number of nitrogens with zero attached hydrogens (tertiary/aromatic N) is 2. The normalized spacial score (nSPS) is 18.4. The molecule has 6 rings (SSSR count). The summed E-state index contributed by atoms with van der Waals surface area (Å²) in [6.45, 7) is 6.78. The van der Waals surface area contributed by atoms with Gasteiger partial charge in [-0.15, -0.1) is 0 Å². The van der Waals surface area contributed by atoms with E-state index in [-0.39, 0.29) is 11.7 Å². The van der Waals surface area contributed by atoms with Gasteiger partial charge in [0.25, 0.3) is 0 Å². The third kappa shape index (κ3) is 5.71. The molecule has 0 spiro atoms. The van der Waals surface area contributed by atoms with Gasteiger partial charge < -0.3 is 29.9 Å². The number of aliphatic hydroxyl groups is 1. The van der Waals surface area contributed by atoms with Crippen LogP contribution in [-0.4, -0.2) is 73.6 Å². The summed E-state index contributed by atoms with van der Waals surface area (Å²) in [5.74, 6) is 0. The number of fused-ring (bicyclic) bond motifs is 2. The van der Waals surface area contributed by atoms with Gasteiger partial charge in [0.15, 0.2) is 0 Å². The summed E-state index contributed by atoms with van der Waals surface area (Å²) < 4.78 is 5.49. The molecule has 7 nitrogen and oxygen atoms in total. The number of nitrogens with one attached hydrogen (secondary N) is 2. The van der Waals surface area contributed by atoms with E-state index in [0.717, 1.165) is 74.7 Å². The smallest absolute Gasteiger partial charge is 0.250 e. The molecule has 2 aromatic carbocycles. The van der Waals surface area contributed by atoms with E-state index in [9.17, 15) is 9.90 Å². The number of likely N-dealkylation sites (tertiary alicyclic amines) is 1. The number of anilines is 2. The minimum absolute atomic E-state index is 0.0816. The fourth-order valence-corrected chi connectivity index (χ4v) is 7.52. The van der Waals surface area contributed by atoms with Crippen molar-refractivity contribution in [1.82, 2.24) is 9.88 Å². The second kappa shape index (κ2) is 11.1. The van der Waals surface area contributed by atoms with E-state index >= 15 is 0 Å². The fourth-order valence-electron chi connectivity index (χ4n) is 5.10. The molecule has 0 atom stereocenters. The Hall–Kier alpha value is -2.43. The minimum atomic E-state index is -0.128. The van der Waals surface area contributed by atoms with Crippen LogP contribution in [0.15, 0.2) is 72.9 Å². The van der Waals surface area contributed by atoms with Crippen LogP contribution in [-0.2, 0) is 4.74 Å². The Morgan fingerprint density at radius 1 is 0.973 bits per heavy atom. The second-order valence-electron chi connectivity index (χ2n) is 9.71. The summed E-state index contributed by atoms with van der Waals surface area (Å²) >= 11 is 3.56.